The lowest BCUT2D eigenvalue weighted by Gasteiger charge is -2.31. The van der Waals surface area contributed by atoms with Crippen LogP contribution in [0.3, 0.4) is 0 Å². The monoisotopic (exact) mass is 340 g/mol. The van der Waals surface area contributed by atoms with Gasteiger partial charge in [0, 0.05) is 34.0 Å². The molecule has 0 aliphatic carbocycles. The molecule has 1 aromatic carbocycles. The maximum absolute atomic E-state index is 9.42. The number of halogens is 2. The zero-order chi connectivity index (χ0) is 14.2. The molecule has 1 aromatic rings. The van der Waals surface area contributed by atoms with Crippen LogP contribution in [0.2, 0.25) is 5.02 Å². The Hall–Kier alpha value is -0.560. The first-order valence-electron chi connectivity index (χ1n) is 6.42. The van der Waals surface area contributed by atoms with Gasteiger partial charge in [-0.15, -0.1) is 0 Å². The first-order valence-corrected chi connectivity index (χ1v) is 7.59. The van der Waals surface area contributed by atoms with E-state index >= 15 is 0 Å². The third kappa shape index (κ3) is 3.13. The second kappa shape index (κ2) is 5.44. The van der Waals surface area contributed by atoms with Crippen molar-refractivity contribution in [3.8, 4) is 6.07 Å². The van der Waals surface area contributed by atoms with Crippen molar-refractivity contribution in [1.82, 2.24) is 4.90 Å². The molecule has 1 aliphatic heterocycles. The molecule has 19 heavy (non-hydrogen) atoms. The molecule has 0 N–H and O–H groups in total. The predicted octanol–water partition coefficient (Wildman–Crippen LogP) is 4.44. The summed E-state index contributed by atoms with van der Waals surface area (Å²) < 4.78 is 1.04. The molecule has 1 heterocycles. The Morgan fingerprint density at radius 1 is 1.37 bits per heavy atom. The first-order chi connectivity index (χ1) is 8.82. The van der Waals surface area contributed by atoms with Crippen LogP contribution in [0.15, 0.2) is 22.7 Å². The maximum Gasteiger partial charge on any atom is 0.0676 e. The van der Waals surface area contributed by atoms with Crippen LogP contribution in [0, 0.1) is 17.2 Å². The predicted molar refractivity (Wildman–Crippen MR) is 82.3 cm³/mol. The fourth-order valence-electron chi connectivity index (χ4n) is 2.60. The molecule has 1 aliphatic rings. The lowest BCUT2D eigenvalue weighted by Crippen LogP contribution is -2.39. The van der Waals surface area contributed by atoms with E-state index in [2.05, 4.69) is 47.7 Å². The van der Waals surface area contributed by atoms with Gasteiger partial charge in [-0.05, 0) is 44.5 Å². The molecule has 0 aromatic heterocycles. The summed E-state index contributed by atoms with van der Waals surface area (Å²) >= 11 is 9.68. The van der Waals surface area contributed by atoms with Gasteiger partial charge in [-0.2, -0.15) is 5.26 Å². The van der Waals surface area contributed by atoms with E-state index in [-0.39, 0.29) is 17.4 Å². The molecule has 0 saturated carbocycles. The molecule has 0 bridgehead atoms. The van der Waals surface area contributed by atoms with Crippen LogP contribution < -0.4 is 0 Å². The van der Waals surface area contributed by atoms with E-state index in [0.717, 1.165) is 28.1 Å². The fourth-order valence-corrected chi connectivity index (χ4v) is 3.32. The molecule has 0 radical (unpaired) electrons. The Balaban J connectivity index is 2.34. The van der Waals surface area contributed by atoms with Crippen LogP contribution >= 0.6 is 27.5 Å². The zero-order valence-corrected chi connectivity index (χ0v) is 13.8. The Labute approximate surface area is 128 Å². The Kier molecular flexibility index (Phi) is 4.25. The highest BCUT2D eigenvalue weighted by molar-refractivity contribution is 9.10. The fraction of sp³-hybridized carbons (Fsp3) is 0.533. The minimum absolute atomic E-state index is 0.0222. The molecule has 2 nitrogen and oxygen atoms in total. The Morgan fingerprint density at radius 3 is 2.63 bits per heavy atom. The summed E-state index contributed by atoms with van der Waals surface area (Å²) in [7, 11) is 0. The van der Waals surface area contributed by atoms with Crippen molar-refractivity contribution in [2.75, 3.05) is 13.1 Å². The van der Waals surface area contributed by atoms with Crippen molar-refractivity contribution in [2.24, 2.45) is 5.92 Å². The largest absolute Gasteiger partial charge is 0.297 e. The van der Waals surface area contributed by atoms with Crippen molar-refractivity contribution < 1.29 is 0 Å². The van der Waals surface area contributed by atoms with Crippen LogP contribution in [0.25, 0.3) is 0 Å². The lowest BCUT2D eigenvalue weighted by atomic mass is 9.90. The summed E-state index contributed by atoms with van der Waals surface area (Å²) in [6.07, 6.45) is 0. The van der Waals surface area contributed by atoms with Crippen molar-refractivity contribution in [3.63, 3.8) is 0 Å². The summed E-state index contributed by atoms with van der Waals surface area (Å²) in [6, 6.07) is 8.27. The number of hydrogen-bond acceptors (Lipinski definition) is 2. The molecule has 2 atom stereocenters. The van der Waals surface area contributed by atoms with Crippen molar-refractivity contribution in [2.45, 2.75) is 32.2 Å². The SMILES string of the molecule is CC(C)(C)N1C[C@@H](C#N)[C@H](c2cc(Cl)ccc2Br)C1. The molecule has 1 fully saturated rings. The van der Waals surface area contributed by atoms with E-state index < -0.39 is 0 Å². The quantitative estimate of drug-likeness (QED) is 0.755. The molecule has 0 spiro atoms. The molecular weight excluding hydrogens is 324 g/mol. The minimum atomic E-state index is 0.0222. The Bertz CT molecular complexity index is 516. The van der Waals surface area contributed by atoms with Gasteiger partial charge in [0.25, 0.3) is 0 Å². The summed E-state index contributed by atoms with van der Waals surface area (Å²) in [4.78, 5) is 2.37. The summed E-state index contributed by atoms with van der Waals surface area (Å²) in [6.45, 7) is 8.30. The van der Waals surface area contributed by atoms with E-state index in [1.165, 1.54) is 0 Å². The van der Waals surface area contributed by atoms with E-state index in [4.69, 9.17) is 11.6 Å². The van der Waals surface area contributed by atoms with E-state index in [0.29, 0.717) is 0 Å². The smallest absolute Gasteiger partial charge is 0.0676 e. The summed E-state index contributed by atoms with van der Waals surface area (Å²) in [5.41, 5.74) is 1.24. The average Bonchev–Trinajstić information content (AvgIpc) is 2.76. The number of hydrogen-bond donors (Lipinski definition) is 0. The van der Waals surface area contributed by atoms with Crippen LogP contribution in [0.4, 0.5) is 0 Å². The second-order valence-corrected chi connectivity index (χ2v) is 7.37. The van der Waals surface area contributed by atoms with Crippen molar-refractivity contribution in [1.29, 1.82) is 5.26 Å². The normalized spacial score (nSPS) is 24.4. The summed E-state index contributed by atoms with van der Waals surface area (Å²) in [5.74, 6) is 0.242. The number of likely N-dealkylation sites (tertiary alicyclic amines) is 1. The molecule has 4 heteroatoms. The van der Waals surface area contributed by atoms with E-state index in [1.54, 1.807) is 0 Å². The highest BCUT2D eigenvalue weighted by atomic mass is 79.9. The molecule has 102 valence electrons. The van der Waals surface area contributed by atoms with Gasteiger partial charge in [0.15, 0.2) is 0 Å². The van der Waals surface area contributed by atoms with Crippen LogP contribution in [-0.2, 0) is 0 Å². The van der Waals surface area contributed by atoms with Gasteiger partial charge in [0.05, 0.1) is 12.0 Å². The number of nitrogens with zero attached hydrogens (tertiary/aromatic N) is 2. The molecular formula is C15H18BrClN2. The Morgan fingerprint density at radius 2 is 2.05 bits per heavy atom. The first kappa shape index (κ1) is 14.8. The van der Waals surface area contributed by atoms with E-state index in [1.807, 2.05) is 18.2 Å². The van der Waals surface area contributed by atoms with Crippen LogP contribution in [-0.4, -0.2) is 23.5 Å². The van der Waals surface area contributed by atoms with Gasteiger partial charge in [-0.25, -0.2) is 0 Å². The van der Waals surface area contributed by atoms with Crippen molar-refractivity contribution in [3.05, 3.63) is 33.3 Å². The van der Waals surface area contributed by atoms with Gasteiger partial charge in [-0.3, -0.25) is 4.90 Å². The van der Waals surface area contributed by atoms with Gasteiger partial charge in [0.2, 0.25) is 0 Å². The highest BCUT2D eigenvalue weighted by Gasteiger charge is 2.39. The maximum atomic E-state index is 9.42. The molecule has 2 rings (SSSR count). The zero-order valence-electron chi connectivity index (χ0n) is 11.5. The highest BCUT2D eigenvalue weighted by Crippen LogP contribution is 2.39. The topological polar surface area (TPSA) is 27.0 Å². The van der Waals surface area contributed by atoms with Crippen LogP contribution in [0.5, 0.6) is 0 Å². The molecule has 0 amide bonds. The van der Waals surface area contributed by atoms with Crippen LogP contribution in [0.1, 0.15) is 32.3 Å². The second-order valence-electron chi connectivity index (χ2n) is 6.08. The van der Waals surface area contributed by atoms with Gasteiger partial charge >= 0.3 is 0 Å². The lowest BCUT2D eigenvalue weighted by molar-refractivity contribution is 0.170. The number of benzene rings is 1. The summed E-state index contributed by atoms with van der Waals surface area (Å²) in [5, 5.41) is 10.1. The standard InChI is InChI=1S/C15H18BrClN2/c1-15(2,3)19-8-10(7-18)13(9-19)12-6-11(17)4-5-14(12)16/h4-6,10,13H,8-9H2,1-3H3/t10-,13-/m1/s1. The molecule has 1 saturated heterocycles. The average molecular weight is 342 g/mol. The third-order valence-electron chi connectivity index (χ3n) is 3.79. The minimum Gasteiger partial charge on any atom is -0.297 e. The molecule has 0 unspecified atom stereocenters. The number of nitriles is 1. The number of rotatable bonds is 1. The van der Waals surface area contributed by atoms with E-state index in [9.17, 15) is 5.26 Å². The third-order valence-corrected chi connectivity index (χ3v) is 4.75. The van der Waals surface area contributed by atoms with Gasteiger partial charge < -0.3 is 0 Å². The van der Waals surface area contributed by atoms with Gasteiger partial charge in [-0.1, -0.05) is 27.5 Å². The van der Waals surface area contributed by atoms with Crippen molar-refractivity contribution >= 4 is 27.5 Å². The van der Waals surface area contributed by atoms with Gasteiger partial charge in [0.1, 0.15) is 0 Å².